The van der Waals surface area contributed by atoms with E-state index in [0.717, 1.165) is 56.1 Å². The van der Waals surface area contributed by atoms with E-state index in [9.17, 15) is 0 Å². The Hall–Kier alpha value is -5.55. The van der Waals surface area contributed by atoms with Gasteiger partial charge < -0.3 is 9.13 Å². The van der Waals surface area contributed by atoms with Crippen LogP contribution in [-0.2, 0) is 7.05 Å². The molecule has 8 rings (SSSR count). The summed E-state index contributed by atoms with van der Waals surface area (Å²) in [4.78, 5) is 14.4. The standard InChI is InChI=1S/C36H25N5/c1-40-33-17-9-13-29(31-15-5-7-21-38-31)35(33)39-36(40)25-18-19-28-27-12-2-3-16-32(27)41(34(28)23-25)26-11-8-10-24(22-26)30-14-4-6-20-37-30/h2-23H,1H3. The van der Waals surface area contributed by atoms with Gasteiger partial charge >= 0.3 is 0 Å². The van der Waals surface area contributed by atoms with E-state index >= 15 is 0 Å². The van der Waals surface area contributed by atoms with E-state index in [0.29, 0.717) is 0 Å². The Morgan fingerprint density at radius 3 is 2.10 bits per heavy atom. The molecule has 8 aromatic rings. The molecule has 4 aromatic carbocycles. The fourth-order valence-electron chi connectivity index (χ4n) is 5.93. The Morgan fingerprint density at radius 1 is 0.537 bits per heavy atom. The van der Waals surface area contributed by atoms with Gasteiger partial charge in [0, 0.05) is 52.6 Å². The molecular formula is C36H25N5. The molecule has 0 aliphatic carbocycles. The van der Waals surface area contributed by atoms with E-state index in [1.54, 1.807) is 0 Å². The number of pyridine rings is 2. The van der Waals surface area contributed by atoms with Gasteiger partial charge in [-0.25, -0.2) is 4.98 Å². The SMILES string of the molecule is Cn1c(-c2ccc3c4ccccc4n(-c4cccc(-c5ccccn5)c4)c3c2)nc2c(-c3ccccn3)cccc21. The predicted octanol–water partition coefficient (Wildman–Crippen LogP) is 8.46. The normalized spacial score (nSPS) is 11.5. The molecule has 0 saturated carbocycles. The number of rotatable bonds is 4. The molecule has 5 nitrogen and oxygen atoms in total. The second kappa shape index (κ2) is 9.28. The summed E-state index contributed by atoms with van der Waals surface area (Å²) in [6.07, 6.45) is 3.67. The van der Waals surface area contributed by atoms with Crippen LogP contribution in [-0.4, -0.2) is 24.1 Å². The second-order valence-corrected chi connectivity index (χ2v) is 10.2. The molecule has 4 aromatic heterocycles. The van der Waals surface area contributed by atoms with Crippen molar-refractivity contribution in [3.05, 3.63) is 134 Å². The van der Waals surface area contributed by atoms with Crippen molar-refractivity contribution in [2.75, 3.05) is 0 Å². The largest absolute Gasteiger partial charge is 0.327 e. The highest BCUT2D eigenvalue weighted by Gasteiger charge is 2.18. The Kier molecular flexibility index (Phi) is 5.28. The summed E-state index contributed by atoms with van der Waals surface area (Å²) < 4.78 is 4.53. The van der Waals surface area contributed by atoms with Crippen molar-refractivity contribution >= 4 is 32.8 Å². The lowest BCUT2D eigenvalue weighted by atomic mass is 10.1. The highest BCUT2D eigenvalue weighted by Crippen LogP contribution is 2.37. The summed E-state index contributed by atoms with van der Waals surface area (Å²) in [5, 5.41) is 2.43. The summed E-state index contributed by atoms with van der Waals surface area (Å²) in [5.74, 6) is 0.921. The third-order valence-corrected chi connectivity index (χ3v) is 7.85. The molecule has 0 spiro atoms. The van der Waals surface area contributed by atoms with Gasteiger partial charge in [0.05, 0.1) is 33.5 Å². The first-order valence-corrected chi connectivity index (χ1v) is 13.7. The van der Waals surface area contributed by atoms with Crippen molar-refractivity contribution in [2.45, 2.75) is 0 Å². The molecule has 4 heterocycles. The topological polar surface area (TPSA) is 48.5 Å². The zero-order chi connectivity index (χ0) is 27.3. The third kappa shape index (κ3) is 3.74. The van der Waals surface area contributed by atoms with E-state index in [2.05, 4.69) is 111 Å². The number of nitrogens with zero attached hydrogens (tertiary/aromatic N) is 5. The minimum absolute atomic E-state index is 0.921. The van der Waals surface area contributed by atoms with Crippen LogP contribution < -0.4 is 0 Å². The van der Waals surface area contributed by atoms with Crippen molar-refractivity contribution < 1.29 is 0 Å². The Bertz CT molecular complexity index is 2210. The van der Waals surface area contributed by atoms with E-state index < -0.39 is 0 Å². The summed E-state index contributed by atoms with van der Waals surface area (Å²) >= 11 is 0. The first-order valence-electron chi connectivity index (χ1n) is 13.7. The molecule has 5 heteroatoms. The van der Waals surface area contributed by atoms with Crippen molar-refractivity contribution in [1.29, 1.82) is 0 Å². The second-order valence-electron chi connectivity index (χ2n) is 10.2. The molecule has 0 radical (unpaired) electrons. The van der Waals surface area contributed by atoms with Crippen molar-refractivity contribution in [3.8, 4) is 39.6 Å². The Balaban J connectivity index is 1.35. The van der Waals surface area contributed by atoms with Crippen molar-refractivity contribution in [2.24, 2.45) is 7.05 Å². The quantitative estimate of drug-likeness (QED) is 0.231. The van der Waals surface area contributed by atoms with Crippen LogP contribution in [0.3, 0.4) is 0 Å². The van der Waals surface area contributed by atoms with Crippen LogP contribution >= 0.6 is 0 Å². The maximum Gasteiger partial charge on any atom is 0.140 e. The van der Waals surface area contributed by atoms with Gasteiger partial charge in [-0.1, -0.05) is 66.7 Å². The molecule has 0 aliphatic heterocycles. The highest BCUT2D eigenvalue weighted by molar-refractivity contribution is 6.10. The van der Waals surface area contributed by atoms with Gasteiger partial charge in [-0.2, -0.15) is 0 Å². The maximum atomic E-state index is 5.18. The van der Waals surface area contributed by atoms with Crippen LogP contribution in [0.5, 0.6) is 0 Å². The number of benzene rings is 4. The van der Waals surface area contributed by atoms with Crippen LogP contribution in [0.15, 0.2) is 134 Å². The van der Waals surface area contributed by atoms with Gasteiger partial charge in [-0.3, -0.25) is 9.97 Å². The minimum atomic E-state index is 0.921. The van der Waals surface area contributed by atoms with E-state index in [4.69, 9.17) is 4.98 Å². The average molecular weight is 528 g/mol. The number of hydrogen-bond acceptors (Lipinski definition) is 3. The van der Waals surface area contributed by atoms with Crippen LogP contribution in [0.4, 0.5) is 0 Å². The molecule has 0 fully saturated rings. The predicted molar refractivity (Wildman–Crippen MR) is 167 cm³/mol. The molecule has 41 heavy (non-hydrogen) atoms. The number of para-hydroxylation sites is 2. The van der Waals surface area contributed by atoms with E-state index in [1.807, 2.05) is 48.8 Å². The van der Waals surface area contributed by atoms with Gasteiger partial charge in [-0.15, -0.1) is 0 Å². The van der Waals surface area contributed by atoms with Crippen LogP contribution in [0.1, 0.15) is 0 Å². The molecule has 0 N–H and O–H groups in total. The van der Waals surface area contributed by atoms with Crippen LogP contribution in [0.2, 0.25) is 0 Å². The van der Waals surface area contributed by atoms with Gasteiger partial charge in [0.15, 0.2) is 0 Å². The lowest BCUT2D eigenvalue weighted by Gasteiger charge is -2.11. The average Bonchev–Trinajstić information content (AvgIpc) is 3.56. The molecule has 0 saturated heterocycles. The minimum Gasteiger partial charge on any atom is -0.327 e. The fourth-order valence-corrected chi connectivity index (χ4v) is 5.93. The number of imidazole rings is 1. The lowest BCUT2D eigenvalue weighted by Crippen LogP contribution is -1.96. The van der Waals surface area contributed by atoms with Gasteiger partial charge in [-0.05, 0) is 54.6 Å². The van der Waals surface area contributed by atoms with Gasteiger partial charge in [0.1, 0.15) is 5.82 Å². The molecule has 0 aliphatic rings. The summed E-state index contributed by atoms with van der Waals surface area (Å²) in [6, 6.07) is 42.2. The highest BCUT2D eigenvalue weighted by atomic mass is 15.1. The van der Waals surface area contributed by atoms with Crippen molar-refractivity contribution in [1.82, 2.24) is 24.1 Å². The number of fused-ring (bicyclic) bond motifs is 4. The first-order chi connectivity index (χ1) is 20.3. The summed E-state index contributed by atoms with van der Waals surface area (Å²) in [7, 11) is 2.09. The van der Waals surface area contributed by atoms with E-state index in [1.165, 1.54) is 16.3 Å². The third-order valence-electron chi connectivity index (χ3n) is 7.85. The van der Waals surface area contributed by atoms with Crippen LogP contribution in [0.25, 0.3) is 72.4 Å². The Morgan fingerprint density at radius 2 is 1.27 bits per heavy atom. The number of aryl methyl sites for hydroxylation is 1. The monoisotopic (exact) mass is 527 g/mol. The zero-order valence-electron chi connectivity index (χ0n) is 22.4. The summed E-state index contributed by atoms with van der Waals surface area (Å²) in [6.45, 7) is 0. The van der Waals surface area contributed by atoms with Gasteiger partial charge in [0.2, 0.25) is 0 Å². The number of aromatic nitrogens is 5. The maximum absolute atomic E-state index is 5.18. The summed E-state index contributed by atoms with van der Waals surface area (Å²) in [5.41, 5.74) is 10.5. The molecule has 0 atom stereocenters. The molecular weight excluding hydrogens is 502 g/mol. The molecule has 0 amide bonds. The number of hydrogen-bond donors (Lipinski definition) is 0. The van der Waals surface area contributed by atoms with Crippen molar-refractivity contribution in [3.63, 3.8) is 0 Å². The van der Waals surface area contributed by atoms with Gasteiger partial charge in [0.25, 0.3) is 0 Å². The molecule has 0 unspecified atom stereocenters. The smallest absolute Gasteiger partial charge is 0.140 e. The Labute approximate surface area is 237 Å². The lowest BCUT2D eigenvalue weighted by molar-refractivity contribution is 0.959. The molecule has 194 valence electrons. The molecule has 0 bridgehead atoms. The van der Waals surface area contributed by atoms with E-state index in [-0.39, 0.29) is 0 Å². The first kappa shape index (κ1) is 23.3. The zero-order valence-corrected chi connectivity index (χ0v) is 22.4. The fraction of sp³-hybridized carbons (Fsp3) is 0.0278. The van der Waals surface area contributed by atoms with Crippen LogP contribution in [0, 0.1) is 0 Å².